The van der Waals surface area contributed by atoms with Crippen LogP contribution in [-0.2, 0) is 4.79 Å². The summed E-state index contributed by atoms with van der Waals surface area (Å²) in [6.07, 6.45) is 4.04. The van der Waals surface area contributed by atoms with Gasteiger partial charge in [0.15, 0.2) is 0 Å². The summed E-state index contributed by atoms with van der Waals surface area (Å²) in [6, 6.07) is 0. The lowest BCUT2D eigenvalue weighted by Gasteiger charge is -1.84. The first kappa shape index (κ1) is 4.37. The van der Waals surface area contributed by atoms with Gasteiger partial charge >= 0.3 is 5.97 Å². The summed E-state index contributed by atoms with van der Waals surface area (Å²) >= 11 is 0. The molecule has 38 valence electrons. The molecule has 1 aliphatic rings. The van der Waals surface area contributed by atoms with E-state index in [1.807, 2.05) is 12.2 Å². The largest absolute Gasteiger partial charge is 0.481 e. The lowest BCUT2D eigenvalue weighted by molar-refractivity contribution is -0.137. The van der Waals surface area contributed by atoms with Crippen molar-refractivity contribution in [2.45, 2.75) is 6.42 Å². The molecule has 0 aromatic carbocycles. The van der Waals surface area contributed by atoms with Crippen LogP contribution in [0.25, 0.3) is 0 Å². The summed E-state index contributed by atoms with van der Waals surface area (Å²) < 4.78 is 0. The molecule has 1 N–H and O–H groups in total. The van der Waals surface area contributed by atoms with Gasteiger partial charge in [-0.25, -0.2) is 0 Å². The van der Waals surface area contributed by atoms with Crippen molar-refractivity contribution in [2.75, 3.05) is 0 Å². The first-order valence-electron chi connectivity index (χ1n) is 2.19. The Morgan fingerprint density at radius 2 is 2.29 bits per heavy atom. The highest BCUT2D eigenvalue weighted by molar-refractivity contribution is 5.68. The zero-order valence-electron chi connectivity index (χ0n) is 3.79. The van der Waals surface area contributed by atoms with Gasteiger partial charge < -0.3 is 5.11 Å². The van der Waals surface area contributed by atoms with Crippen LogP contribution in [0.15, 0.2) is 12.2 Å². The molecule has 1 rings (SSSR count). The van der Waals surface area contributed by atoms with Crippen molar-refractivity contribution in [3.63, 3.8) is 0 Å². The van der Waals surface area contributed by atoms with E-state index in [2.05, 4.69) is 0 Å². The second kappa shape index (κ2) is 1.37. The number of carboxylic acid groups (broad SMARTS) is 1. The Kier molecular flexibility index (Phi) is 0.855. The molecule has 0 bridgehead atoms. The number of hydrogen-bond acceptors (Lipinski definition) is 1. The fourth-order valence-corrected chi connectivity index (χ4v) is 0.416. The van der Waals surface area contributed by atoms with Gasteiger partial charge in [0, 0.05) is 5.92 Å². The smallest absolute Gasteiger partial charge is 0.304 e. The van der Waals surface area contributed by atoms with E-state index in [1.54, 1.807) is 0 Å². The zero-order chi connectivity index (χ0) is 5.28. The average Bonchev–Trinajstić information content (AvgIpc) is 2.17. The number of carboxylic acids is 1. The predicted molar refractivity (Wildman–Crippen MR) is 24.9 cm³/mol. The Balaban J connectivity index is 2.10. The topological polar surface area (TPSA) is 37.3 Å². The highest BCUT2D eigenvalue weighted by atomic mass is 16.4. The van der Waals surface area contributed by atoms with Crippen molar-refractivity contribution in [3.05, 3.63) is 12.2 Å². The molecular weight excluding hydrogens is 92.1 g/mol. The molecule has 0 aromatic rings. The minimum atomic E-state index is -0.713. The summed E-state index contributed by atoms with van der Waals surface area (Å²) in [5.41, 5.74) is 0. The predicted octanol–water partition coefficient (Wildman–Crippen LogP) is 0.647. The van der Waals surface area contributed by atoms with E-state index in [1.165, 1.54) is 0 Å². The van der Waals surface area contributed by atoms with E-state index in [4.69, 9.17) is 5.11 Å². The van der Waals surface area contributed by atoms with Crippen LogP contribution in [-0.4, -0.2) is 11.1 Å². The molecule has 0 spiro atoms. The number of allylic oxidation sites excluding steroid dienone is 2. The van der Waals surface area contributed by atoms with E-state index in [-0.39, 0.29) is 12.3 Å². The Bertz CT molecular complexity index is 109. The maximum Gasteiger partial charge on any atom is 0.304 e. The second-order valence-corrected chi connectivity index (χ2v) is 1.65. The molecule has 0 saturated heterocycles. The Hall–Kier alpha value is -0.790. The molecule has 1 aliphatic carbocycles. The molecule has 0 aromatic heterocycles. The van der Waals surface area contributed by atoms with Gasteiger partial charge in [0.2, 0.25) is 0 Å². The van der Waals surface area contributed by atoms with Crippen molar-refractivity contribution in [1.29, 1.82) is 0 Å². The van der Waals surface area contributed by atoms with Crippen LogP contribution < -0.4 is 0 Å². The van der Waals surface area contributed by atoms with Gasteiger partial charge in [-0.1, -0.05) is 12.2 Å². The molecule has 2 nitrogen and oxygen atoms in total. The fourth-order valence-electron chi connectivity index (χ4n) is 0.416. The van der Waals surface area contributed by atoms with Gasteiger partial charge in [-0.2, -0.15) is 0 Å². The highest BCUT2D eigenvalue weighted by Crippen LogP contribution is 2.18. The standard InChI is InChI=1S/C5H6O2/c6-5(7)3-4-1-2-4/h1-2,4H,3H2,(H,6,7). The first-order chi connectivity index (χ1) is 3.29. The third kappa shape index (κ3) is 1.39. The average molecular weight is 98.1 g/mol. The molecule has 0 unspecified atom stereocenters. The molecule has 0 aliphatic heterocycles. The van der Waals surface area contributed by atoms with Crippen LogP contribution in [0.5, 0.6) is 0 Å². The van der Waals surface area contributed by atoms with Crippen molar-refractivity contribution >= 4 is 5.97 Å². The van der Waals surface area contributed by atoms with E-state index in [0.29, 0.717) is 0 Å². The van der Waals surface area contributed by atoms with Gasteiger partial charge in [0.25, 0.3) is 0 Å². The fraction of sp³-hybridized carbons (Fsp3) is 0.400. The Labute approximate surface area is 41.5 Å². The minimum Gasteiger partial charge on any atom is -0.481 e. The number of carbonyl (C=O) groups is 1. The molecule has 0 amide bonds. The van der Waals surface area contributed by atoms with E-state index in [9.17, 15) is 4.79 Å². The maximum atomic E-state index is 9.81. The second-order valence-electron chi connectivity index (χ2n) is 1.65. The van der Waals surface area contributed by atoms with Crippen LogP contribution in [0.2, 0.25) is 0 Å². The van der Waals surface area contributed by atoms with Crippen LogP contribution in [0.4, 0.5) is 0 Å². The summed E-state index contributed by atoms with van der Waals surface area (Å²) in [4.78, 5) is 9.81. The molecule has 2 heteroatoms. The van der Waals surface area contributed by atoms with E-state index in [0.717, 1.165) is 0 Å². The summed E-state index contributed by atoms with van der Waals surface area (Å²) in [5, 5.41) is 8.08. The van der Waals surface area contributed by atoms with Crippen LogP contribution in [0.1, 0.15) is 6.42 Å². The van der Waals surface area contributed by atoms with Gasteiger partial charge in [0.1, 0.15) is 0 Å². The monoisotopic (exact) mass is 98.0 g/mol. The third-order valence-electron chi connectivity index (χ3n) is 0.875. The van der Waals surface area contributed by atoms with Crippen molar-refractivity contribution in [2.24, 2.45) is 5.92 Å². The SMILES string of the molecule is O=C(O)CC1C=C1. The van der Waals surface area contributed by atoms with Gasteiger partial charge in [-0.05, 0) is 0 Å². The van der Waals surface area contributed by atoms with E-state index >= 15 is 0 Å². The third-order valence-corrected chi connectivity index (χ3v) is 0.875. The Morgan fingerprint density at radius 1 is 1.71 bits per heavy atom. The van der Waals surface area contributed by atoms with Crippen LogP contribution >= 0.6 is 0 Å². The normalized spacial score (nSPS) is 17.1. The van der Waals surface area contributed by atoms with Crippen molar-refractivity contribution < 1.29 is 9.90 Å². The molecule has 0 heterocycles. The summed E-state index contributed by atoms with van der Waals surface area (Å²) in [5.74, 6) is -0.438. The Morgan fingerprint density at radius 3 is 2.43 bits per heavy atom. The molecule has 0 fully saturated rings. The van der Waals surface area contributed by atoms with Gasteiger partial charge in [-0.15, -0.1) is 0 Å². The van der Waals surface area contributed by atoms with Crippen LogP contribution in [0.3, 0.4) is 0 Å². The number of aliphatic carboxylic acids is 1. The maximum absolute atomic E-state index is 9.81. The van der Waals surface area contributed by atoms with Crippen LogP contribution in [0, 0.1) is 5.92 Å². The first-order valence-corrected chi connectivity index (χ1v) is 2.19. The lowest BCUT2D eigenvalue weighted by Crippen LogP contribution is -1.94. The van der Waals surface area contributed by atoms with Gasteiger partial charge in [-0.3, -0.25) is 4.79 Å². The molecular formula is C5H6O2. The molecule has 7 heavy (non-hydrogen) atoms. The molecule has 0 atom stereocenters. The van der Waals surface area contributed by atoms with E-state index < -0.39 is 5.97 Å². The lowest BCUT2D eigenvalue weighted by atomic mass is 10.3. The molecule has 0 radical (unpaired) electrons. The summed E-state index contributed by atoms with van der Waals surface area (Å²) in [6.45, 7) is 0. The highest BCUT2D eigenvalue weighted by Gasteiger charge is 2.13. The van der Waals surface area contributed by atoms with Crippen molar-refractivity contribution in [1.82, 2.24) is 0 Å². The minimum absolute atomic E-state index is 0.275. The number of hydrogen-bond donors (Lipinski definition) is 1. The number of rotatable bonds is 2. The van der Waals surface area contributed by atoms with Gasteiger partial charge in [0.05, 0.1) is 6.42 Å². The zero-order valence-corrected chi connectivity index (χ0v) is 3.79. The summed E-state index contributed by atoms with van der Waals surface area (Å²) in [7, 11) is 0. The van der Waals surface area contributed by atoms with Crippen molar-refractivity contribution in [3.8, 4) is 0 Å². The molecule has 0 saturated carbocycles. The quantitative estimate of drug-likeness (QED) is 0.515.